The number of ether oxygens (including phenoxy) is 2. The smallest absolute Gasteiger partial charge is 0.329 e. The molecule has 0 rings (SSSR count). The molecule has 0 heterocycles. The number of unbranched alkanes of at least 4 members (excludes halogenated alkanes) is 3. The van der Waals surface area contributed by atoms with E-state index >= 15 is 0 Å². The molecular weight excluding hydrogens is 316 g/mol. The van der Waals surface area contributed by atoms with Crippen molar-refractivity contribution in [3.63, 3.8) is 0 Å². The lowest BCUT2D eigenvalue weighted by Crippen LogP contribution is -2.36. The minimum atomic E-state index is -4.86. The third-order valence-corrected chi connectivity index (χ3v) is 3.94. The Morgan fingerprint density at radius 3 is 2.23 bits per heavy atom. The molecule has 0 bridgehead atoms. The van der Waals surface area contributed by atoms with Crippen LogP contribution in [0, 0.1) is 0 Å². The van der Waals surface area contributed by atoms with Crippen molar-refractivity contribution in [2.75, 3.05) is 6.61 Å². The molecule has 0 aliphatic heterocycles. The normalized spacial score (nSPS) is 14.3. The summed E-state index contributed by atoms with van der Waals surface area (Å²) < 4.78 is 41.2. The van der Waals surface area contributed by atoms with Crippen molar-refractivity contribution in [3.05, 3.63) is 0 Å². The molecular formula is C13H24O8S. The van der Waals surface area contributed by atoms with Crippen LogP contribution in [0.3, 0.4) is 0 Å². The lowest BCUT2D eigenvalue weighted by Gasteiger charge is -2.19. The molecule has 130 valence electrons. The Kier molecular flexibility index (Phi) is 9.95. The number of carbonyl (C=O) groups excluding carboxylic acids is 1. The fraction of sp³-hybridized carbons (Fsp3) is 0.846. The van der Waals surface area contributed by atoms with Gasteiger partial charge in [-0.25, -0.2) is 0 Å². The Hall–Kier alpha value is -1.19. The first-order valence-corrected chi connectivity index (χ1v) is 8.72. The monoisotopic (exact) mass is 340 g/mol. The number of hydrogen-bond acceptors (Lipinski definition) is 6. The number of rotatable bonds is 12. The molecule has 0 aliphatic carbocycles. The second-order valence-electron chi connectivity index (χ2n) is 4.81. The van der Waals surface area contributed by atoms with Crippen LogP contribution in [0.2, 0.25) is 0 Å². The highest BCUT2D eigenvalue weighted by Crippen LogP contribution is 2.12. The van der Waals surface area contributed by atoms with Crippen LogP contribution in [-0.2, 0) is 29.2 Å². The average molecular weight is 340 g/mol. The molecule has 9 heteroatoms. The van der Waals surface area contributed by atoms with E-state index in [-0.39, 0.29) is 6.42 Å². The first-order valence-electron chi connectivity index (χ1n) is 7.22. The van der Waals surface area contributed by atoms with Crippen molar-refractivity contribution in [2.24, 2.45) is 0 Å². The van der Waals surface area contributed by atoms with Gasteiger partial charge in [0.1, 0.15) is 0 Å². The van der Waals surface area contributed by atoms with Gasteiger partial charge in [-0.3, -0.25) is 14.1 Å². The third-order valence-electron chi connectivity index (χ3n) is 2.87. The van der Waals surface area contributed by atoms with Gasteiger partial charge in [0, 0.05) is 6.42 Å². The van der Waals surface area contributed by atoms with Crippen LogP contribution in [0.5, 0.6) is 0 Å². The topological polar surface area (TPSA) is 127 Å². The largest absolute Gasteiger partial charge is 0.481 e. The molecule has 0 saturated heterocycles. The van der Waals surface area contributed by atoms with Crippen LogP contribution >= 0.6 is 0 Å². The Labute approximate surface area is 130 Å². The van der Waals surface area contributed by atoms with Crippen LogP contribution < -0.4 is 0 Å². The van der Waals surface area contributed by atoms with Gasteiger partial charge in [0.2, 0.25) is 6.29 Å². The van der Waals surface area contributed by atoms with Crippen LogP contribution in [0.15, 0.2) is 0 Å². The summed E-state index contributed by atoms with van der Waals surface area (Å²) in [6, 6.07) is 0. The maximum absolute atomic E-state index is 11.7. The van der Waals surface area contributed by atoms with Gasteiger partial charge < -0.3 is 14.6 Å². The van der Waals surface area contributed by atoms with Crippen molar-refractivity contribution >= 4 is 22.1 Å². The molecule has 2 atom stereocenters. The number of aliphatic carboxylic acids is 1. The lowest BCUT2D eigenvalue weighted by atomic mass is 10.2. The summed E-state index contributed by atoms with van der Waals surface area (Å²) in [5, 5.41) is 6.45. The molecule has 2 N–H and O–H groups in total. The molecule has 0 spiro atoms. The quantitative estimate of drug-likeness (QED) is 0.237. The van der Waals surface area contributed by atoms with Gasteiger partial charge in [0.15, 0.2) is 5.25 Å². The molecule has 0 aromatic heterocycles. The zero-order valence-corrected chi connectivity index (χ0v) is 13.7. The maximum Gasteiger partial charge on any atom is 0.329 e. The number of carboxylic acids is 1. The summed E-state index contributed by atoms with van der Waals surface area (Å²) >= 11 is 0. The molecule has 2 unspecified atom stereocenters. The van der Waals surface area contributed by atoms with Crippen molar-refractivity contribution in [1.82, 2.24) is 0 Å². The Balaban J connectivity index is 4.51. The highest BCUT2D eigenvalue weighted by Gasteiger charge is 2.36. The van der Waals surface area contributed by atoms with E-state index in [9.17, 15) is 18.0 Å². The van der Waals surface area contributed by atoms with Gasteiger partial charge in [-0.2, -0.15) is 8.42 Å². The molecule has 0 radical (unpaired) electrons. The zero-order valence-electron chi connectivity index (χ0n) is 12.9. The van der Waals surface area contributed by atoms with Gasteiger partial charge in [0.25, 0.3) is 10.1 Å². The highest BCUT2D eigenvalue weighted by atomic mass is 32.2. The maximum atomic E-state index is 11.7. The molecule has 8 nitrogen and oxygen atoms in total. The summed E-state index contributed by atoms with van der Waals surface area (Å²) in [5.41, 5.74) is 0. The predicted molar refractivity (Wildman–Crippen MR) is 77.9 cm³/mol. The zero-order chi connectivity index (χ0) is 17.2. The molecule has 0 aromatic carbocycles. The van der Waals surface area contributed by atoms with E-state index in [2.05, 4.69) is 6.92 Å². The van der Waals surface area contributed by atoms with E-state index in [1.165, 1.54) is 0 Å². The van der Waals surface area contributed by atoms with E-state index < -0.39 is 40.0 Å². The SMILES string of the molecule is CCCCCCOC(CC)OC(=O)C(CC(=O)O)S(=O)(=O)O. The second kappa shape index (κ2) is 10.5. The van der Waals surface area contributed by atoms with Gasteiger partial charge in [-0.15, -0.1) is 0 Å². The minimum absolute atomic E-state index is 0.283. The first kappa shape index (κ1) is 20.8. The number of carbonyl (C=O) groups is 2. The average Bonchev–Trinajstić information content (AvgIpc) is 2.41. The molecule has 0 aromatic rings. The minimum Gasteiger partial charge on any atom is -0.481 e. The van der Waals surface area contributed by atoms with Gasteiger partial charge in [-0.1, -0.05) is 33.1 Å². The van der Waals surface area contributed by atoms with Crippen molar-refractivity contribution in [3.8, 4) is 0 Å². The van der Waals surface area contributed by atoms with E-state index in [0.29, 0.717) is 6.61 Å². The predicted octanol–water partition coefficient (Wildman–Crippen LogP) is 1.59. The summed E-state index contributed by atoms with van der Waals surface area (Å²) in [6.07, 6.45) is 2.12. The summed E-state index contributed by atoms with van der Waals surface area (Å²) in [7, 11) is -4.86. The van der Waals surface area contributed by atoms with Crippen molar-refractivity contribution in [1.29, 1.82) is 0 Å². The molecule has 0 amide bonds. The number of esters is 1. The van der Waals surface area contributed by atoms with Crippen LogP contribution in [0.25, 0.3) is 0 Å². The van der Waals surface area contributed by atoms with E-state index in [0.717, 1.165) is 25.7 Å². The summed E-state index contributed by atoms with van der Waals surface area (Å²) in [6.45, 7) is 4.08. The molecule has 0 saturated carbocycles. The van der Waals surface area contributed by atoms with Crippen LogP contribution in [0.4, 0.5) is 0 Å². The fourth-order valence-electron chi connectivity index (χ4n) is 1.65. The summed E-state index contributed by atoms with van der Waals surface area (Å²) in [4.78, 5) is 22.3. The summed E-state index contributed by atoms with van der Waals surface area (Å²) in [5.74, 6) is -2.86. The second-order valence-corrected chi connectivity index (χ2v) is 6.41. The Morgan fingerprint density at radius 2 is 1.77 bits per heavy atom. The van der Waals surface area contributed by atoms with E-state index in [1.807, 2.05) is 0 Å². The molecule has 22 heavy (non-hydrogen) atoms. The number of carboxylic acid groups (broad SMARTS) is 1. The van der Waals surface area contributed by atoms with Crippen LogP contribution in [0.1, 0.15) is 52.4 Å². The van der Waals surface area contributed by atoms with Crippen molar-refractivity contribution < 1.29 is 37.1 Å². The molecule has 0 fully saturated rings. The fourth-order valence-corrected chi connectivity index (χ4v) is 2.31. The first-order chi connectivity index (χ1) is 10.2. The highest BCUT2D eigenvalue weighted by molar-refractivity contribution is 7.87. The Morgan fingerprint density at radius 1 is 1.14 bits per heavy atom. The number of hydrogen-bond donors (Lipinski definition) is 2. The Bertz CT molecular complexity index is 445. The van der Waals surface area contributed by atoms with E-state index in [1.54, 1.807) is 6.92 Å². The van der Waals surface area contributed by atoms with Gasteiger partial charge in [-0.05, 0) is 6.42 Å². The van der Waals surface area contributed by atoms with Gasteiger partial charge >= 0.3 is 11.9 Å². The standard InChI is InChI=1S/C13H24O8S/c1-3-5-6-7-8-20-12(4-2)21-13(16)10(9-11(14)15)22(17,18)19/h10,12H,3-9H2,1-2H3,(H,14,15)(H,17,18,19). The van der Waals surface area contributed by atoms with Crippen molar-refractivity contribution in [2.45, 2.75) is 63.9 Å². The lowest BCUT2D eigenvalue weighted by molar-refractivity contribution is -0.180. The van der Waals surface area contributed by atoms with Gasteiger partial charge in [0.05, 0.1) is 13.0 Å². The third kappa shape index (κ3) is 8.96. The van der Waals surface area contributed by atoms with E-state index in [4.69, 9.17) is 19.1 Å². The van der Waals surface area contributed by atoms with Crippen LogP contribution in [-0.4, -0.2) is 48.2 Å². The molecule has 0 aliphatic rings.